The zero-order chi connectivity index (χ0) is 19.8. The van der Waals surface area contributed by atoms with Crippen molar-refractivity contribution in [1.82, 2.24) is 14.9 Å². The van der Waals surface area contributed by atoms with Crippen molar-refractivity contribution in [3.05, 3.63) is 40.1 Å². The van der Waals surface area contributed by atoms with E-state index in [4.69, 9.17) is 4.74 Å². The first-order valence-corrected chi connectivity index (χ1v) is 8.88. The molecule has 0 atom stereocenters. The third-order valence-corrected chi connectivity index (χ3v) is 4.20. The molecule has 0 radical (unpaired) electrons. The smallest absolute Gasteiger partial charge is 0.332 e. The van der Waals surface area contributed by atoms with Crippen LogP contribution in [0.4, 0.5) is 23.1 Å². The molecule has 9 nitrogen and oxygen atoms in total. The highest BCUT2D eigenvalue weighted by Crippen LogP contribution is 2.29. The summed E-state index contributed by atoms with van der Waals surface area (Å²) in [5, 5.41) is 17.6. The number of anilines is 3. The summed E-state index contributed by atoms with van der Waals surface area (Å²) in [6, 6.07) is 7.08. The van der Waals surface area contributed by atoms with Crippen molar-refractivity contribution >= 4 is 23.1 Å². The van der Waals surface area contributed by atoms with Crippen LogP contribution in [0.25, 0.3) is 0 Å². The molecule has 1 heterocycles. The molecule has 0 saturated carbocycles. The first kappa shape index (κ1) is 20.4. The van der Waals surface area contributed by atoms with E-state index in [1.807, 2.05) is 0 Å². The second-order valence-corrected chi connectivity index (χ2v) is 5.89. The summed E-state index contributed by atoms with van der Waals surface area (Å²) in [4.78, 5) is 21.8. The summed E-state index contributed by atoms with van der Waals surface area (Å²) >= 11 is 0. The molecular formula is C18H26N6O3. The second kappa shape index (κ2) is 9.67. The predicted octanol–water partition coefficient (Wildman–Crippen LogP) is 3.20. The van der Waals surface area contributed by atoms with Gasteiger partial charge < -0.3 is 20.3 Å². The highest BCUT2D eigenvalue weighted by atomic mass is 16.6. The topological polar surface area (TPSA) is 105 Å². The van der Waals surface area contributed by atoms with Crippen molar-refractivity contribution in [2.24, 2.45) is 0 Å². The van der Waals surface area contributed by atoms with Crippen LogP contribution in [-0.2, 0) is 0 Å². The number of methoxy groups -OCH3 is 1. The van der Waals surface area contributed by atoms with Crippen LogP contribution >= 0.6 is 0 Å². The van der Waals surface area contributed by atoms with Crippen molar-refractivity contribution < 1.29 is 9.66 Å². The van der Waals surface area contributed by atoms with Crippen molar-refractivity contribution in [1.29, 1.82) is 0 Å². The van der Waals surface area contributed by atoms with E-state index in [1.165, 1.54) is 0 Å². The van der Waals surface area contributed by atoms with Gasteiger partial charge >= 0.3 is 5.69 Å². The number of nitrogens with one attached hydrogen (secondary N) is 2. The Kier molecular flexibility index (Phi) is 7.30. The number of benzene rings is 1. The lowest BCUT2D eigenvalue weighted by Crippen LogP contribution is -2.29. The predicted molar refractivity (Wildman–Crippen MR) is 106 cm³/mol. The average molecular weight is 374 g/mol. The largest absolute Gasteiger partial charge is 0.497 e. The standard InChI is InChI=1S/C18H26N6O3/c1-5-23(6-2)12-11-19-18-20-13(3)16(24(25)26)17(22-18)21-14-7-9-15(27-4)10-8-14/h7-10H,5-6,11-12H2,1-4H3,(H2,19,20,21,22). The first-order chi connectivity index (χ1) is 13.0. The second-order valence-electron chi connectivity index (χ2n) is 5.89. The van der Waals surface area contributed by atoms with E-state index in [0.717, 1.165) is 19.6 Å². The number of aromatic nitrogens is 2. The minimum absolute atomic E-state index is 0.139. The van der Waals surface area contributed by atoms with Gasteiger partial charge in [-0.05, 0) is 44.3 Å². The van der Waals surface area contributed by atoms with Gasteiger partial charge in [0.2, 0.25) is 11.8 Å². The van der Waals surface area contributed by atoms with Gasteiger partial charge in [0.1, 0.15) is 11.4 Å². The number of nitrogens with zero attached hydrogens (tertiary/aromatic N) is 4. The van der Waals surface area contributed by atoms with E-state index in [-0.39, 0.29) is 11.5 Å². The molecule has 2 aromatic rings. The van der Waals surface area contributed by atoms with Crippen LogP contribution < -0.4 is 15.4 Å². The number of hydrogen-bond acceptors (Lipinski definition) is 8. The normalized spacial score (nSPS) is 10.7. The van der Waals surface area contributed by atoms with Crippen LogP contribution in [0.2, 0.25) is 0 Å². The van der Waals surface area contributed by atoms with Crippen molar-refractivity contribution in [2.45, 2.75) is 20.8 Å². The Balaban J connectivity index is 2.21. The van der Waals surface area contributed by atoms with E-state index < -0.39 is 4.92 Å². The molecule has 146 valence electrons. The maximum atomic E-state index is 11.5. The molecular weight excluding hydrogens is 348 g/mol. The van der Waals surface area contributed by atoms with Crippen LogP contribution in [0.1, 0.15) is 19.5 Å². The third kappa shape index (κ3) is 5.52. The van der Waals surface area contributed by atoms with Gasteiger partial charge in [0, 0.05) is 18.8 Å². The number of ether oxygens (including phenoxy) is 1. The fourth-order valence-electron chi connectivity index (χ4n) is 2.63. The van der Waals surface area contributed by atoms with E-state index in [1.54, 1.807) is 38.3 Å². The van der Waals surface area contributed by atoms with Crippen LogP contribution in [0, 0.1) is 17.0 Å². The van der Waals surface area contributed by atoms with Gasteiger partial charge in [-0.1, -0.05) is 13.8 Å². The monoisotopic (exact) mass is 374 g/mol. The molecule has 1 aromatic heterocycles. The van der Waals surface area contributed by atoms with E-state index in [9.17, 15) is 10.1 Å². The lowest BCUT2D eigenvalue weighted by atomic mass is 10.3. The molecule has 2 rings (SSSR count). The summed E-state index contributed by atoms with van der Waals surface area (Å²) in [5.41, 5.74) is 0.836. The summed E-state index contributed by atoms with van der Waals surface area (Å²) in [6.07, 6.45) is 0. The van der Waals surface area contributed by atoms with Gasteiger partial charge in [-0.3, -0.25) is 10.1 Å². The first-order valence-electron chi connectivity index (χ1n) is 8.88. The molecule has 2 N–H and O–H groups in total. The van der Waals surface area contributed by atoms with Crippen molar-refractivity contribution in [3.8, 4) is 5.75 Å². The molecule has 0 amide bonds. The molecule has 0 aliphatic heterocycles. The average Bonchev–Trinajstić information content (AvgIpc) is 2.65. The van der Waals surface area contributed by atoms with Gasteiger partial charge in [0.05, 0.1) is 12.0 Å². The van der Waals surface area contributed by atoms with Gasteiger partial charge in [0.25, 0.3) is 0 Å². The Labute approximate surface area is 158 Å². The van der Waals surface area contributed by atoms with Crippen LogP contribution in [0.5, 0.6) is 5.75 Å². The minimum Gasteiger partial charge on any atom is -0.497 e. The highest BCUT2D eigenvalue weighted by Gasteiger charge is 2.22. The summed E-state index contributed by atoms with van der Waals surface area (Å²) in [7, 11) is 1.58. The molecule has 0 saturated heterocycles. The molecule has 0 aliphatic rings. The lowest BCUT2D eigenvalue weighted by Gasteiger charge is -2.18. The SMILES string of the molecule is CCN(CC)CCNc1nc(C)c([N+](=O)[O-])c(Nc2ccc(OC)cc2)n1. The number of likely N-dealkylation sites (N-methyl/N-ethyl adjacent to an activating group) is 1. The van der Waals surface area contributed by atoms with Gasteiger partial charge in [0.15, 0.2) is 0 Å². The molecule has 0 unspecified atom stereocenters. The summed E-state index contributed by atoms with van der Waals surface area (Å²) in [6.45, 7) is 9.23. The lowest BCUT2D eigenvalue weighted by molar-refractivity contribution is -0.385. The highest BCUT2D eigenvalue weighted by molar-refractivity contribution is 5.68. The van der Waals surface area contributed by atoms with Crippen molar-refractivity contribution in [3.63, 3.8) is 0 Å². The van der Waals surface area contributed by atoms with E-state index in [0.29, 0.717) is 29.6 Å². The fourth-order valence-corrected chi connectivity index (χ4v) is 2.63. The zero-order valence-corrected chi connectivity index (χ0v) is 16.2. The molecule has 0 aliphatic carbocycles. The molecule has 1 aromatic carbocycles. The zero-order valence-electron chi connectivity index (χ0n) is 16.2. The van der Waals surface area contributed by atoms with Crippen LogP contribution in [0.3, 0.4) is 0 Å². The maximum absolute atomic E-state index is 11.5. The number of aryl methyl sites for hydroxylation is 1. The number of nitro groups is 1. The minimum atomic E-state index is -0.471. The summed E-state index contributed by atoms with van der Waals surface area (Å²) in [5.74, 6) is 1.22. The molecule has 0 bridgehead atoms. The van der Waals surface area contributed by atoms with Crippen LogP contribution in [-0.4, -0.2) is 53.1 Å². The number of rotatable bonds is 10. The Morgan fingerprint density at radius 2 is 1.85 bits per heavy atom. The Bertz CT molecular complexity index is 762. The van der Waals surface area contributed by atoms with E-state index >= 15 is 0 Å². The quantitative estimate of drug-likeness (QED) is 0.482. The van der Waals surface area contributed by atoms with Crippen molar-refractivity contribution in [2.75, 3.05) is 43.9 Å². The third-order valence-electron chi connectivity index (χ3n) is 4.20. The van der Waals surface area contributed by atoms with E-state index in [2.05, 4.69) is 39.3 Å². The molecule has 27 heavy (non-hydrogen) atoms. The Morgan fingerprint density at radius 3 is 2.41 bits per heavy atom. The Morgan fingerprint density at radius 1 is 1.19 bits per heavy atom. The molecule has 9 heteroatoms. The summed E-state index contributed by atoms with van der Waals surface area (Å²) < 4.78 is 5.13. The Hall–Kier alpha value is -2.94. The maximum Gasteiger partial charge on any atom is 0.332 e. The molecule has 0 spiro atoms. The van der Waals surface area contributed by atoms with Gasteiger partial charge in [-0.2, -0.15) is 4.98 Å². The number of hydrogen-bond donors (Lipinski definition) is 2. The van der Waals surface area contributed by atoms with Gasteiger partial charge in [-0.25, -0.2) is 4.98 Å². The van der Waals surface area contributed by atoms with Crippen LogP contribution in [0.15, 0.2) is 24.3 Å². The molecule has 0 fully saturated rings. The fraction of sp³-hybridized carbons (Fsp3) is 0.444. The van der Waals surface area contributed by atoms with Gasteiger partial charge in [-0.15, -0.1) is 0 Å².